The van der Waals surface area contributed by atoms with Crippen LogP contribution >= 0.6 is 11.8 Å². The number of fused-ring (bicyclic) bond motifs is 8. The van der Waals surface area contributed by atoms with E-state index in [4.69, 9.17) is 43.0 Å². The van der Waals surface area contributed by atoms with Gasteiger partial charge in [0.2, 0.25) is 0 Å². The van der Waals surface area contributed by atoms with Gasteiger partial charge in [-0.3, -0.25) is 34.0 Å². The first-order valence-electron chi connectivity index (χ1n) is 28.0. The smallest absolute Gasteiger partial charge is 0.343 e. The van der Waals surface area contributed by atoms with Crippen molar-refractivity contribution in [1.82, 2.24) is 9.96 Å². The number of ether oxygens (including phenoxy) is 7. The minimum Gasteiger partial charge on any atom is -0.493 e. The van der Waals surface area contributed by atoms with Crippen LogP contribution in [-0.2, 0) is 77.2 Å². The molecule has 5 heterocycles. The van der Waals surface area contributed by atoms with E-state index < -0.39 is 22.5 Å². The van der Waals surface area contributed by atoms with Crippen LogP contribution in [0.1, 0.15) is 92.8 Å². The zero-order valence-corrected chi connectivity index (χ0v) is 48.1. The van der Waals surface area contributed by atoms with E-state index in [-0.39, 0.29) is 55.7 Å². The molecule has 0 aromatic heterocycles. The molecule has 18 nitrogen and oxygen atoms in total. The zero-order chi connectivity index (χ0) is 57.3. The molecule has 5 aliphatic rings. The molecule has 0 spiro atoms. The van der Waals surface area contributed by atoms with Gasteiger partial charge in [-0.1, -0.05) is 48.5 Å². The summed E-state index contributed by atoms with van der Waals surface area (Å²) in [6.45, 7) is 10.9. The number of aryl methyl sites for hydroxylation is 2. The molecule has 0 N–H and O–H groups in total. The van der Waals surface area contributed by atoms with Gasteiger partial charge in [-0.25, -0.2) is 4.79 Å². The van der Waals surface area contributed by atoms with Crippen molar-refractivity contribution in [2.24, 2.45) is 4.99 Å². The third-order valence-corrected chi connectivity index (χ3v) is 16.4. The Bertz CT molecular complexity index is 3210. The number of nitrogens with zero attached hydrogens (tertiary/aromatic N) is 5. The number of aliphatic imine (C=N–C) groups is 1. The number of thioether (sulfide) groups is 1. The first kappa shape index (κ1) is 58.1. The number of methoxy groups -OCH3 is 1. The highest BCUT2D eigenvalue weighted by Gasteiger charge is 2.39. The largest absolute Gasteiger partial charge is 0.493 e. The standard InChI is InChI=1S/C63H71N5O13S/c1-41-26-50-45(14-15-48-30-46-10-6-8-12-53(46)66(48)61(50)72)32-55(41)79-37-43-27-42(28-44(29-43)38-80-57-34-52-51(33-56(57)74-5)62(73)67-49(35-64-52)31-47-11-7-9-13-54(47)67)36-65(4)18-19-75-20-21-76-22-23-77-24-25-78-40-63(2,3)82-39-60(71)81-68-58(69)16-17-59(68)70/h6-13,26-29,32-35,48-49H,14-25,30-31,36-40H2,1-5H3/t48-,49+/m1/s1. The van der Waals surface area contributed by atoms with Gasteiger partial charge >= 0.3 is 5.97 Å². The number of likely N-dealkylation sites (N-methyl/N-ethyl adjacent to an activating group) is 1. The Morgan fingerprint density at radius 1 is 0.671 bits per heavy atom. The summed E-state index contributed by atoms with van der Waals surface area (Å²) in [6, 6.07) is 30.1. The second-order valence-electron chi connectivity index (χ2n) is 21.8. The maximum absolute atomic E-state index is 14.1. The van der Waals surface area contributed by atoms with Crippen LogP contribution in [0, 0.1) is 6.92 Å². The molecule has 2 atom stereocenters. The number of hydroxylamine groups is 2. The van der Waals surface area contributed by atoms with Gasteiger partial charge in [0.05, 0.1) is 83.0 Å². The number of hydrogen-bond acceptors (Lipinski definition) is 16. The third kappa shape index (κ3) is 13.8. The summed E-state index contributed by atoms with van der Waals surface area (Å²) in [7, 11) is 3.62. The molecule has 5 aromatic carbocycles. The Labute approximate surface area is 482 Å². The Morgan fingerprint density at radius 3 is 1.98 bits per heavy atom. The molecule has 0 radical (unpaired) electrons. The third-order valence-electron chi connectivity index (χ3n) is 15.1. The number of anilines is 2. The number of hydrogen-bond donors (Lipinski definition) is 0. The van der Waals surface area contributed by atoms with Crippen molar-refractivity contribution in [2.75, 3.05) is 89.1 Å². The first-order valence-corrected chi connectivity index (χ1v) is 29.0. The van der Waals surface area contributed by atoms with E-state index in [1.165, 1.54) is 17.3 Å². The zero-order valence-electron chi connectivity index (χ0n) is 47.3. The fourth-order valence-electron chi connectivity index (χ4n) is 11.0. The minimum atomic E-state index is -0.659. The van der Waals surface area contributed by atoms with Crippen molar-refractivity contribution in [3.63, 3.8) is 0 Å². The van der Waals surface area contributed by atoms with Crippen molar-refractivity contribution < 1.29 is 62.0 Å². The highest BCUT2D eigenvalue weighted by atomic mass is 32.2. The van der Waals surface area contributed by atoms with Crippen LogP contribution in [-0.4, -0.2) is 142 Å². The molecule has 5 aromatic rings. The second kappa shape index (κ2) is 26.4. The van der Waals surface area contributed by atoms with E-state index >= 15 is 0 Å². The van der Waals surface area contributed by atoms with Crippen LogP contribution in [0.5, 0.6) is 17.2 Å². The van der Waals surface area contributed by atoms with Crippen molar-refractivity contribution in [1.29, 1.82) is 0 Å². The lowest BCUT2D eigenvalue weighted by atomic mass is 9.98. The molecule has 82 heavy (non-hydrogen) atoms. The summed E-state index contributed by atoms with van der Waals surface area (Å²) in [5.74, 6) is -0.136. The number of carbonyl (C=O) groups is 5. The highest BCUT2D eigenvalue weighted by molar-refractivity contribution is 8.01. The van der Waals surface area contributed by atoms with Crippen LogP contribution < -0.4 is 24.0 Å². The predicted octanol–water partition coefficient (Wildman–Crippen LogP) is 8.58. The fourth-order valence-corrected chi connectivity index (χ4v) is 11.7. The first-order chi connectivity index (χ1) is 39.7. The van der Waals surface area contributed by atoms with E-state index in [2.05, 4.69) is 54.4 Å². The molecular formula is C63H71N5O13S. The number of benzene rings is 5. The van der Waals surface area contributed by atoms with Gasteiger partial charge in [-0.05, 0) is 122 Å². The number of amides is 4. The summed E-state index contributed by atoms with van der Waals surface area (Å²) >= 11 is 1.31. The molecule has 0 unspecified atom stereocenters. The van der Waals surface area contributed by atoms with Gasteiger partial charge < -0.3 is 42.9 Å². The van der Waals surface area contributed by atoms with E-state index in [0.717, 1.165) is 75.3 Å². The predicted molar refractivity (Wildman–Crippen MR) is 311 cm³/mol. The van der Waals surface area contributed by atoms with Crippen LogP contribution in [0.25, 0.3) is 0 Å². The maximum atomic E-state index is 14.1. The van der Waals surface area contributed by atoms with E-state index in [1.54, 1.807) is 19.2 Å². The topological polar surface area (TPSA) is 185 Å². The van der Waals surface area contributed by atoms with Gasteiger partial charge in [-0.2, -0.15) is 0 Å². The molecule has 432 valence electrons. The molecular weight excluding hydrogens is 1070 g/mol. The molecule has 1 fully saturated rings. The number of rotatable bonds is 27. The number of para-hydroxylation sites is 2. The van der Waals surface area contributed by atoms with Gasteiger partial charge in [0.1, 0.15) is 19.0 Å². The van der Waals surface area contributed by atoms with Gasteiger partial charge in [-0.15, -0.1) is 16.8 Å². The summed E-state index contributed by atoms with van der Waals surface area (Å²) in [4.78, 5) is 79.6. The molecule has 5 aliphatic heterocycles. The Kier molecular flexibility index (Phi) is 18.7. The highest BCUT2D eigenvalue weighted by Crippen LogP contribution is 2.42. The van der Waals surface area contributed by atoms with Gasteiger partial charge in [0.15, 0.2) is 11.5 Å². The van der Waals surface area contributed by atoms with Crippen molar-refractivity contribution in [3.8, 4) is 17.2 Å². The van der Waals surface area contributed by atoms with E-state index in [1.807, 2.05) is 73.2 Å². The Balaban J connectivity index is 0.710. The van der Waals surface area contributed by atoms with Crippen LogP contribution in [0.4, 0.5) is 17.1 Å². The summed E-state index contributed by atoms with van der Waals surface area (Å²) in [6.07, 6.45) is 5.16. The van der Waals surface area contributed by atoms with Gasteiger partial charge in [0.25, 0.3) is 23.6 Å². The molecule has 0 saturated carbocycles. The van der Waals surface area contributed by atoms with Gasteiger partial charge in [0, 0.05) is 72.4 Å². The van der Waals surface area contributed by atoms with Crippen LogP contribution in [0.15, 0.2) is 96.0 Å². The fraction of sp³-hybridized carbons (Fsp3) is 0.429. The maximum Gasteiger partial charge on any atom is 0.343 e. The minimum absolute atomic E-state index is 0.0279. The van der Waals surface area contributed by atoms with E-state index in [0.29, 0.717) is 100 Å². The van der Waals surface area contributed by atoms with Crippen molar-refractivity contribution >= 4 is 64.6 Å². The monoisotopic (exact) mass is 1140 g/mol. The SMILES string of the molecule is COc1cc2c(cc1OCc1cc(COc3cc4c(cc3C)C(=O)N3c5ccccc5C[C@H]3CC4)cc(CN(C)CCOCCOCCOCCOCC(C)(C)SCC(=O)ON3C(=O)CCC3=O)c1)N=C[C@@H]1Cc3ccccc3N1C2=O. The molecule has 4 amide bonds. The summed E-state index contributed by atoms with van der Waals surface area (Å²) in [5, 5.41) is 0.557. The number of carbonyl (C=O) groups excluding carboxylic acids is 5. The number of imide groups is 1. The lowest BCUT2D eigenvalue weighted by molar-refractivity contribution is -0.195. The summed E-state index contributed by atoms with van der Waals surface area (Å²) < 4.78 is 41.7. The van der Waals surface area contributed by atoms with E-state index in [9.17, 15) is 24.0 Å². The average Bonchev–Trinajstić information content (AvgIpc) is 4.26. The molecule has 10 rings (SSSR count). The second-order valence-corrected chi connectivity index (χ2v) is 23.5. The molecule has 0 aliphatic carbocycles. The molecule has 0 bridgehead atoms. The summed E-state index contributed by atoms with van der Waals surface area (Å²) in [5.41, 5.74) is 10.8. The Hall–Kier alpha value is -7.13. The van der Waals surface area contributed by atoms with Crippen molar-refractivity contribution in [3.05, 3.63) is 141 Å². The van der Waals surface area contributed by atoms with Crippen molar-refractivity contribution in [2.45, 2.75) is 95.9 Å². The lowest BCUT2D eigenvalue weighted by Crippen LogP contribution is -2.37. The van der Waals surface area contributed by atoms with Crippen LogP contribution in [0.3, 0.4) is 0 Å². The normalized spacial score (nSPS) is 17.1. The quantitative estimate of drug-likeness (QED) is 0.0360. The molecule has 19 heteroatoms. The molecule has 1 saturated heterocycles. The van der Waals surface area contributed by atoms with Crippen LogP contribution in [0.2, 0.25) is 0 Å². The Morgan fingerprint density at radius 2 is 1.28 bits per heavy atom. The average molecular weight is 1140 g/mol. The lowest BCUT2D eigenvalue weighted by Gasteiger charge is -2.23.